The smallest absolute Gasteiger partial charge is 0.268 e. The molecule has 0 aliphatic heterocycles. The van der Waals surface area contributed by atoms with Crippen LogP contribution in [0.25, 0.3) is 0 Å². The number of nitrogens with two attached hydrogens (primary N) is 1. The summed E-state index contributed by atoms with van der Waals surface area (Å²) >= 11 is 0. The zero-order chi connectivity index (χ0) is 15.8. The number of nitrogens with one attached hydrogen (secondary N) is 1. The average molecular weight is 333 g/mol. The lowest BCUT2D eigenvalue weighted by atomic mass is 10.3. The van der Waals surface area contributed by atoms with Crippen molar-refractivity contribution in [3.8, 4) is 0 Å². The Morgan fingerprint density at radius 2 is 2.19 bits per heavy atom. The summed E-state index contributed by atoms with van der Waals surface area (Å²) in [6.45, 7) is 1.75. The van der Waals surface area contributed by atoms with Gasteiger partial charge in [-0.2, -0.15) is 0 Å². The minimum absolute atomic E-state index is 0.0636. The molecule has 9 heteroatoms. The maximum absolute atomic E-state index is 12.3. The molecule has 1 amide bonds. The summed E-state index contributed by atoms with van der Waals surface area (Å²) in [5.74, 6) is -0.0347. The number of rotatable bonds is 6. The van der Waals surface area contributed by atoms with Crippen molar-refractivity contribution in [3.63, 3.8) is 0 Å². The standard InChI is InChI=1S/C12H19N3O4S2/c1-8(7-20(2)17)14-12(16)11-5-10(21(13,18)19)6-15(11)9-3-4-9/h5-6,8-9H,3-4,7H2,1-2H3,(H,14,16)(H2,13,18,19). The van der Waals surface area contributed by atoms with Crippen molar-refractivity contribution in [3.05, 3.63) is 18.0 Å². The highest BCUT2D eigenvalue weighted by Crippen LogP contribution is 2.37. The van der Waals surface area contributed by atoms with Gasteiger partial charge in [0.2, 0.25) is 10.0 Å². The first-order chi connectivity index (χ1) is 9.68. The Labute approximate surface area is 126 Å². The molecule has 0 aromatic carbocycles. The fourth-order valence-corrected chi connectivity index (χ4v) is 3.46. The van der Waals surface area contributed by atoms with E-state index in [4.69, 9.17) is 5.14 Å². The normalized spacial score (nSPS) is 18.2. The van der Waals surface area contributed by atoms with Crippen molar-refractivity contribution < 1.29 is 17.4 Å². The zero-order valence-electron chi connectivity index (χ0n) is 11.9. The van der Waals surface area contributed by atoms with E-state index >= 15 is 0 Å². The molecule has 1 aromatic heterocycles. The highest BCUT2D eigenvalue weighted by molar-refractivity contribution is 7.89. The summed E-state index contributed by atoms with van der Waals surface area (Å²) in [6, 6.07) is 1.18. The molecule has 3 N–H and O–H groups in total. The van der Waals surface area contributed by atoms with Gasteiger partial charge in [0.1, 0.15) is 10.6 Å². The monoisotopic (exact) mass is 333 g/mol. The summed E-state index contributed by atoms with van der Waals surface area (Å²) in [7, 11) is -4.86. The Balaban J connectivity index is 2.23. The van der Waals surface area contributed by atoms with E-state index in [0.29, 0.717) is 5.75 Å². The number of sulfonamides is 1. The molecule has 0 radical (unpaired) electrons. The Bertz CT molecular complexity index is 677. The maximum atomic E-state index is 12.3. The number of hydrogen-bond donors (Lipinski definition) is 2. The lowest BCUT2D eigenvalue weighted by Crippen LogP contribution is -2.37. The maximum Gasteiger partial charge on any atom is 0.268 e. The Hall–Kier alpha value is -1.19. The molecule has 1 fully saturated rings. The second kappa shape index (κ2) is 5.90. The first-order valence-corrected chi connectivity index (χ1v) is 9.81. The van der Waals surface area contributed by atoms with Gasteiger partial charge in [-0.1, -0.05) is 0 Å². The lowest BCUT2D eigenvalue weighted by Gasteiger charge is -2.13. The summed E-state index contributed by atoms with van der Waals surface area (Å²) in [4.78, 5) is 12.2. The quantitative estimate of drug-likeness (QED) is 0.761. The number of amides is 1. The van der Waals surface area contributed by atoms with Crippen molar-refractivity contribution in [1.82, 2.24) is 9.88 Å². The second-order valence-corrected chi connectivity index (χ2v) is 8.40. The molecule has 2 unspecified atom stereocenters. The third kappa shape index (κ3) is 4.14. The molecule has 0 saturated heterocycles. The van der Waals surface area contributed by atoms with Gasteiger partial charge in [0.05, 0.1) is 0 Å². The van der Waals surface area contributed by atoms with Gasteiger partial charge in [0, 0.05) is 41.1 Å². The van der Waals surface area contributed by atoms with Crippen LogP contribution in [-0.2, 0) is 20.8 Å². The van der Waals surface area contributed by atoms with E-state index < -0.39 is 20.8 Å². The summed E-state index contributed by atoms with van der Waals surface area (Å²) in [6.07, 6.45) is 4.79. The van der Waals surface area contributed by atoms with Crippen molar-refractivity contribution in [2.75, 3.05) is 12.0 Å². The summed E-state index contributed by atoms with van der Waals surface area (Å²) in [5.41, 5.74) is 0.273. The predicted molar refractivity (Wildman–Crippen MR) is 79.9 cm³/mol. The van der Waals surface area contributed by atoms with Gasteiger partial charge in [-0.15, -0.1) is 0 Å². The van der Waals surface area contributed by atoms with Gasteiger partial charge < -0.3 is 9.88 Å². The molecule has 1 aliphatic rings. The van der Waals surface area contributed by atoms with Crippen LogP contribution in [0.15, 0.2) is 17.2 Å². The molecule has 0 spiro atoms. The number of hydrogen-bond acceptors (Lipinski definition) is 4. The summed E-state index contributed by atoms with van der Waals surface area (Å²) in [5, 5.41) is 7.84. The largest absolute Gasteiger partial charge is 0.347 e. The number of aromatic nitrogens is 1. The molecule has 21 heavy (non-hydrogen) atoms. The second-order valence-electron chi connectivity index (χ2n) is 5.36. The van der Waals surface area contributed by atoms with Gasteiger partial charge in [0.15, 0.2) is 0 Å². The minimum atomic E-state index is -3.84. The van der Waals surface area contributed by atoms with Crippen LogP contribution in [0.3, 0.4) is 0 Å². The minimum Gasteiger partial charge on any atom is -0.347 e. The van der Waals surface area contributed by atoms with Crippen molar-refractivity contribution >= 4 is 26.7 Å². The van der Waals surface area contributed by atoms with Gasteiger partial charge in [0.25, 0.3) is 5.91 Å². The SMILES string of the molecule is CC(CS(C)=O)NC(=O)c1cc(S(N)(=O)=O)cn1C1CC1. The van der Waals surface area contributed by atoms with E-state index in [2.05, 4.69) is 5.32 Å². The molecule has 7 nitrogen and oxygen atoms in total. The van der Waals surface area contributed by atoms with Crippen LogP contribution in [-0.4, -0.2) is 41.2 Å². The van der Waals surface area contributed by atoms with Gasteiger partial charge in [-0.3, -0.25) is 9.00 Å². The fourth-order valence-electron chi connectivity index (χ4n) is 2.14. The van der Waals surface area contributed by atoms with Crippen molar-refractivity contribution in [2.24, 2.45) is 5.14 Å². The third-order valence-corrected chi connectivity index (χ3v) is 5.04. The zero-order valence-corrected chi connectivity index (χ0v) is 13.5. The fraction of sp³-hybridized carbons (Fsp3) is 0.583. The Kier molecular flexibility index (Phi) is 4.54. The number of primary sulfonamides is 1. The van der Waals surface area contributed by atoms with E-state index in [1.165, 1.54) is 12.3 Å². The van der Waals surface area contributed by atoms with E-state index in [9.17, 15) is 17.4 Å². The first-order valence-electron chi connectivity index (χ1n) is 6.54. The molecule has 0 bridgehead atoms. The van der Waals surface area contributed by atoms with E-state index in [1.807, 2.05) is 0 Å². The van der Waals surface area contributed by atoms with Gasteiger partial charge in [-0.25, -0.2) is 13.6 Å². The highest BCUT2D eigenvalue weighted by Gasteiger charge is 2.30. The predicted octanol–water partition coefficient (Wildman–Crippen LogP) is -0.0328. The topological polar surface area (TPSA) is 111 Å². The lowest BCUT2D eigenvalue weighted by molar-refractivity contribution is 0.0934. The highest BCUT2D eigenvalue weighted by atomic mass is 32.2. The first kappa shape index (κ1) is 16.2. The molecule has 1 aromatic rings. The van der Waals surface area contributed by atoms with Crippen LogP contribution in [0.4, 0.5) is 0 Å². The Morgan fingerprint density at radius 1 is 1.57 bits per heavy atom. The van der Waals surface area contributed by atoms with Crippen LogP contribution in [0.1, 0.15) is 36.3 Å². The molecule has 1 saturated carbocycles. The summed E-state index contributed by atoms with van der Waals surface area (Å²) < 4.78 is 35.7. The van der Waals surface area contributed by atoms with Crippen LogP contribution < -0.4 is 10.5 Å². The molecular formula is C12H19N3O4S2. The van der Waals surface area contributed by atoms with Crippen LogP contribution >= 0.6 is 0 Å². The van der Waals surface area contributed by atoms with Crippen molar-refractivity contribution in [1.29, 1.82) is 0 Å². The number of nitrogens with zero attached hydrogens (tertiary/aromatic N) is 1. The number of carbonyl (C=O) groups excluding carboxylic acids is 1. The molecule has 2 rings (SSSR count). The molecule has 118 valence electrons. The van der Waals surface area contributed by atoms with Gasteiger partial charge >= 0.3 is 0 Å². The van der Waals surface area contributed by atoms with Gasteiger partial charge in [-0.05, 0) is 25.8 Å². The van der Waals surface area contributed by atoms with Crippen molar-refractivity contribution in [2.45, 2.75) is 36.7 Å². The van der Waals surface area contributed by atoms with E-state index in [-0.39, 0.29) is 28.6 Å². The van der Waals surface area contributed by atoms with Crippen LogP contribution in [0.5, 0.6) is 0 Å². The van der Waals surface area contributed by atoms with E-state index in [1.54, 1.807) is 17.7 Å². The molecule has 2 atom stereocenters. The number of carbonyl (C=O) groups is 1. The Morgan fingerprint density at radius 3 is 2.67 bits per heavy atom. The molecule has 1 aliphatic carbocycles. The van der Waals surface area contributed by atoms with Crippen LogP contribution in [0, 0.1) is 0 Å². The third-order valence-electron chi connectivity index (χ3n) is 3.19. The van der Waals surface area contributed by atoms with Crippen LogP contribution in [0.2, 0.25) is 0 Å². The molecular weight excluding hydrogens is 314 g/mol. The molecule has 1 heterocycles. The average Bonchev–Trinajstić information content (AvgIpc) is 3.04. The van der Waals surface area contributed by atoms with E-state index in [0.717, 1.165) is 12.8 Å².